The molecule has 1 aliphatic carbocycles. The van der Waals surface area contributed by atoms with E-state index in [-0.39, 0.29) is 11.9 Å². The number of carbonyl (C=O) groups excluding carboxylic acids is 1. The van der Waals surface area contributed by atoms with Crippen LogP contribution in [0, 0.1) is 6.92 Å². The zero-order valence-electron chi connectivity index (χ0n) is 18.6. The summed E-state index contributed by atoms with van der Waals surface area (Å²) in [5.41, 5.74) is 11.6. The minimum Gasteiger partial charge on any atom is -0.368 e. The highest BCUT2D eigenvalue weighted by Gasteiger charge is 2.17. The summed E-state index contributed by atoms with van der Waals surface area (Å²) in [4.78, 5) is 22.6. The van der Waals surface area contributed by atoms with Crippen LogP contribution in [0.25, 0.3) is 21.5 Å². The van der Waals surface area contributed by atoms with Crippen molar-refractivity contribution in [3.8, 4) is 11.3 Å². The van der Waals surface area contributed by atoms with Crippen LogP contribution in [0.4, 0.5) is 5.95 Å². The Morgan fingerprint density at radius 3 is 2.91 bits per heavy atom. The summed E-state index contributed by atoms with van der Waals surface area (Å²) in [5.74, 6) is 0.118. The molecule has 0 aliphatic heterocycles. The summed E-state index contributed by atoms with van der Waals surface area (Å²) < 4.78 is 0. The fourth-order valence-electron chi connectivity index (χ4n) is 3.88. The zero-order valence-corrected chi connectivity index (χ0v) is 19.4. The summed E-state index contributed by atoms with van der Waals surface area (Å²) in [6.45, 7) is 6.29. The predicted octanol–water partition coefficient (Wildman–Crippen LogP) is 4.75. The molecule has 4 rings (SSSR count). The number of allylic oxidation sites excluding steroid dienone is 3. The van der Waals surface area contributed by atoms with Gasteiger partial charge in [-0.05, 0) is 62.9 Å². The van der Waals surface area contributed by atoms with E-state index < -0.39 is 0 Å². The standard InChI is InChI=1S/C25H29N5OS/c1-3-28-23(31)21-14-20-22(29-25(26)30-24(20)32-21)19-13-18(10-9-16(19)2)15-27-12-11-17-7-5-4-6-8-17/h4-5,7,9-10,13-14,27H,3,6,8,11-12,15H2,1-2H3,(H,28,31)(H2,26,29,30). The third kappa shape index (κ3) is 5.06. The van der Waals surface area contributed by atoms with Crippen LogP contribution in [-0.4, -0.2) is 29.0 Å². The van der Waals surface area contributed by atoms with Gasteiger partial charge in [-0.2, -0.15) is 0 Å². The number of carbonyl (C=O) groups is 1. The second-order valence-electron chi connectivity index (χ2n) is 7.99. The molecule has 1 aromatic carbocycles. The quantitative estimate of drug-likeness (QED) is 0.433. The lowest BCUT2D eigenvalue weighted by Gasteiger charge is -2.12. The van der Waals surface area contributed by atoms with Gasteiger partial charge in [0.25, 0.3) is 5.91 Å². The van der Waals surface area contributed by atoms with Crippen LogP contribution in [0.1, 0.15) is 47.0 Å². The van der Waals surface area contributed by atoms with Crippen LogP contribution < -0.4 is 16.4 Å². The topological polar surface area (TPSA) is 92.9 Å². The van der Waals surface area contributed by atoms with E-state index in [1.165, 1.54) is 22.5 Å². The van der Waals surface area contributed by atoms with E-state index in [1.54, 1.807) is 0 Å². The van der Waals surface area contributed by atoms with Crippen molar-refractivity contribution in [1.29, 1.82) is 0 Å². The molecule has 0 atom stereocenters. The monoisotopic (exact) mass is 447 g/mol. The van der Waals surface area contributed by atoms with Gasteiger partial charge < -0.3 is 16.4 Å². The third-order valence-electron chi connectivity index (χ3n) is 5.58. The largest absolute Gasteiger partial charge is 0.368 e. The van der Waals surface area contributed by atoms with Gasteiger partial charge in [0.2, 0.25) is 5.95 Å². The lowest BCUT2D eigenvalue weighted by molar-refractivity contribution is 0.0960. The molecule has 1 aliphatic rings. The Kier molecular flexibility index (Phi) is 6.97. The van der Waals surface area contributed by atoms with Crippen LogP contribution in [0.2, 0.25) is 0 Å². The van der Waals surface area contributed by atoms with Crippen LogP contribution in [-0.2, 0) is 6.54 Å². The molecule has 0 radical (unpaired) electrons. The lowest BCUT2D eigenvalue weighted by atomic mass is 10.00. The highest BCUT2D eigenvalue weighted by atomic mass is 32.1. The molecule has 32 heavy (non-hydrogen) atoms. The average Bonchev–Trinajstić information content (AvgIpc) is 3.22. The Bertz CT molecular complexity index is 1190. The normalized spacial score (nSPS) is 13.4. The summed E-state index contributed by atoms with van der Waals surface area (Å²) in [5, 5.41) is 7.26. The van der Waals surface area contributed by atoms with Gasteiger partial charge in [0, 0.05) is 24.0 Å². The fraction of sp³-hybridized carbons (Fsp3) is 0.320. The highest BCUT2D eigenvalue weighted by Crippen LogP contribution is 2.34. The Labute approximate surface area is 192 Å². The maximum absolute atomic E-state index is 12.3. The molecule has 2 aromatic heterocycles. The van der Waals surface area contributed by atoms with Gasteiger partial charge in [0.05, 0.1) is 10.6 Å². The number of amides is 1. The van der Waals surface area contributed by atoms with Crippen molar-refractivity contribution in [2.24, 2.45) is 0 Å². The van der Waals surface area contributed by atoms with E-state index >= 15 is 0 Å². The Morgan fingerprint density at radius 1 is 1.25 bits per heavy atom. The van der Waals surface area contributed by atoms with E-state index in [2.05, 4.69) is 64.0 Å². The van der Waals surface area contributed by atoms with E-state index in [9.17, 15) is 4.79 Å². The van der Waals surface area contributed by atoms with Crippen molar-refractivity contribution >= 4 is 33.4 Å². The molecule has 0 fully saturated rings. The number of aromatic nitrogens is 2. The van der Waals surface area contributed by atoms with Crippen molar-refractivity contribution in [2.45, 2.75) is 39.7 Å². The van der Waals surface area contributed by atoms with Crippen LogP contribution in [0.3, 0.4) is 0 Å². The predicted molar refractivity (Wildman–Crippen MR) is 133 cm³/mol. The molecule has 166 valence electrons. The van der Waals surface area contributed by atoms with Crippen molar-refractivity contribution in [1.82, 2.24) is 20.6 Å². The van der Waals surface area contributed by atoms with Crippen LogP contribution in [0.15, 0.2) is 48.1 Å². The second-order valence-corrected chi connectivity index (χ2v) is 9.02. The Hall–Kier alpha value is -3.03. The molecule has 0 saturated carbocycles. The maximum atomic E-state index is 12.3. The SMILES string of the molecule is CCNC(=O)c1cc2c(-c3cc(CNCCC4=CC=CCC4)ccc3C)nc(N)nc2s1. The second kappa shape index (κ2) is 10.1. The number of nitrogens with one attached hydrogen (secondary N) is 2. The molecule has 3 aromatic rings. The Morgan fingerprint density at radius 2 is 2.12 bits per heavy atom. The lowest BCUT2D eigenvalue weighted by Crippen LogP contribution is -2.21. The molecule has 0 unspecified atom stereocenters. The molecular weight excluding hydrogens is 418 g/mol. The van der Waals surface area contributed by atoms with E-state index in [1.807, 2.05) is 13.0 Å². The first kappa shape index (κ1) is 22.2. The maximum Gasteiger partial charge on any atom is 0.261 e. The molecule has 0 spiro atoms. The van der Waals surface area contributed by atoms with Crippen molar-refractivity contribution in [3.05, 3.63) is 64.1 Å². The number of nitrogens with two attached hydrogens (primary N) is 1. The minimum absolute atomic E-state index is 0.0988. The van der Waals surface area contributed by atoms with Gasteiger partial charge in [-0.1, -0.05) is 35.9 Å². The number of nitrogens with zero attached hydrogens (tertiary/aromatic N) is 2. The van der Waals surface area contributed by atoms with E-state index in [0.29, 0.717) is 11.4 Å². The summed E-state index contributed by atoms with van der Waals surface area (Å²) in [7, 11) is 0. The average molecular weight is 448 g/mol. The summed E-state index contributed by atoms with van der Waals surface area (Å²) in [6, 6.07) is 8.29. The number of benzene rings is 1. The number of thiophene rings is 1. The zero-order chi connectivity index (χ0) is 22.5. The van der Waals surface area contributed by atoms with Gasteiger partial charge in [-0.3, -0.25) is 4.79 Å². The number of hydrogen-bond donors (Lipinski definition) is 3. The Balaban J connectivity index is 1.56. The van der Waals surface area contributed by atoms with E-state index in [0.717, 1.165) is 59.4 Å². The van der Waals surface area contributed by atoms with Gasteiger partial charge in [0.1, 0.15) is 4.83 Å². The molecule has 0 bridgehead atoms. The first-order valence-electron chi connectivity index (χ1n) is 11.1. The summed E-state index contributed by atoms with van der Waals surface area (Å²) >= 11 is 1.34. The number of nitrogen functional groups attached to an aromatic ring is 1. The molecule has 6 nitrogen and oxygen atoms in total. The molecule has 1 amide bonds. The smallest absolute Gasteiger partial charge is 0.261 e. The summed E-state index contributed by atoms with van der Waals surface area (Å²) in [6.07, 6.45) is 9.99. The van der Waals surface area contributed by atoms with Crippen LogP contribution in [0.5, 0.6) is 0 Å². The highest BCUT2D eigenvalue weighted by molar-refractivity contribution is 7.20. The molecular formula is C25H29N5OS. The van der Waals surface area contributed by atoms with Crippen molar-refractivity contribution in [2.75, 3.05) is 18.8 Å². The molecule has 2 heterocycles. The van der Waals surface area contributed by atoms with Crippen molar-refractivity contribution < 1.29 is 4.79 Å². The number of rotatable bonds is 8. The third-order valence-corrected chi connectivity index (χ3v) is 6.61. The number of anilines is 1. The molecule has 4 N–H and O–H groups in total. The van der Waals surface area contributed by atoms with Gasteiger partial charge in [0.15, 0.2) is 0 Å². The number of hydrogen-bond acceptors (Lipinski definition) is 6. The van der Waals surface area contributed by atoms with Crippen LogP contribution >= 0.6 is 11.3 Å². The molecule has 0 saturated heterocycles. The van der Waals surface area contributed by atoms with Gasteiger partial charge in [-0.25, -0.2) is 9.97 Å². The van der Waals surface area contributed by atoms with Gasteiger partial charge >= 0.3 is 0 Å². The first-order chi connectivity index (χ1) is 15.5. The van der Waals surface area contributed by atoms with E-state index in [4.69, 9.17) is 5.73 Å². The number of aryl methyl sites for hydroxylation is 1. The molecule has 7 heteroatoms. The minimum atomic E-state index is -0.0988. The van der Waals surface area contributed by atoms with Gasteiger partial charge in [-0.15, -0.1) is 11.3 Å². The number of fused-ring (bicyclic) bond motifs is 1. The first-order valence-corrected chi connectivity index (χ1v) is 11.9. The fourth-order valence-corrected chi connectivity index (χ4v) is 4.83. The van der Waals surface area contributed by atoms with Crippen molar-refractivity contribution in [3.63, 3.8) is 0 Å².